The summed E-state index contributed by atoms with van der Waals surface area (Å²) in [7, 11) is -0.576. The molecule has 0 aliphatic carbocycles. The molecule has 0 atom stereocenters. The van der Waals surface area contributed by atoms with Crippen LogP contribution >= 0.6 is 31.7 Å². The second-order valence-corrected chi connectivity index (χ2v) is 33.8. The first-order chi connectivity index (χ1) is 49.3. The molecule has 16 aromatic rings. The number of hydrogen-bond donors (Lipinski definition) is 0. The van der Waals surface area contributed by atoms with Gasteiger partial charge in [-0.2, -0.15) is 0 Å². The molecule has 0 N–H and O–H groups in total. The van der Waals surface area contributed by atoms with Crippen LogP contribution in [0.5, 0.6) is 0 Å². The van der Waals surface area contributed by atoms with Crippen molar-refractivity contribution in [2.24, 2.45) is 14.1 Å². The molecule has 104 heavy (non-hydrogen) atoms. The van der Waals surface area contributed by atoms with E-state index in [9.17, 15) is 0 Å². The number of fused-ring (bicyclic) bond motifs is 6. The van der Waals surface area contributed by atoms with Crippen LogP contribution in [-0.4, -0.2) is 9.13 Å². The fourth-order valence-electron chi connectivity index (χ4n) is 13.3. The van der Waals surface area contributed by atoms with Gasteiger partial charge in [-0.15, -0.1) is 70.8 Å². The van der Waals surface area contributed by atoms with E-state index in [2.05, 4.69) is 324 Å². The Morgan fingerprint density at radius 1 is 0.202 bits per heavy atom. The molecule has 0 saturated heterocycles. The van der Waals surface area contributed by atoms with Gasteiger partial charge in [-0.3, -0.25) is 23.7 Å². The quantitative estimate of drug-likeness (QED) is 0.0499. The third-order valence-corrected chi connectivity index (χ3v) is 29.7. The Bertz CT molecular complexity index is 4780. The van der Waals surface area contributed by atoms with Crippen molar-refractivity contribution in [3.05, 3.63) is 412 Å². The van der Waals surface area contributed by atoms with Gasteiger partial charge in [0.25, 0.3) is 0 Å². The fourth-order valence-corrected chi connectivity index (χ4v) is 25.3. The largest absolute Gasteiger partial charge is 1.00 e. The van der Waals surface area contributed by atoms with E-state index in [1.54, 1.807) is 0 Å². The van der Waals surface area contributed by atoms with E-state index in [1.807, 2.05) is 86.9 Å². The first kappa shape index (κ1) is 79.7. The Kier molecular flexibility index (Phi) is 30.0. The van der Waals surface area contributed by atoms with Gasteiger partial charge in [0.05, 0.1) is 0 Å². The Morgan fingerprint density at radius 2 is 0.346 bits per heavy atom. The maximum Gasteiger partial charge on any atom is 1.00 e. The Balaban J connectivity index is 0.000000164. The Labute approximate surface area is 680 Å². The first-order valence-electron chi connectivity index (χ1n) is 33.2. The van der Waals surface area contributed by atoms with Crippen molar-refractivity contribution in [3.8, 4) is 23.7 Å². The average molecular weight is 2140 g/mol. The summed E-state index contributed by atoms with van der Waals surface area (Å²) in [5.74, 6) is 9.63. The summed E-state index contributed by atoms with van der Waals surface area (Å²) in [5.41, 5.74) is 7.38. The van der Waals surface area contributed by atoms with Gasteiger partial charge in [0.1, 0.15) is 95.3 Å². The SMILES string of the molecule is [Au+].[Au+].[Au+].[Au+].[C-]#Cc1ccc2c3ccc(C#[C-])cc3n(C)c2c1.[C-]#Cc1ccc2c3ccc(C#[C-])cc3n(C)c2c1.c1ccc([PH+](c2ccccc2)c2ccccc2[PH+](c2ccccc2)c2ccccc2)cc1.c1ccc([PH+](c2ccccc2)c2ccccc2[PH+](c2ccccc2)c2ccccc2)cc1. The number of hydrogen-bond acceptors (Lipinski definition) is 0. The van der Waals surface area contributed by atoms with Crippen LogP contribution in [0.25, 0.3) is 43.6 Å². The van der Waals surface area contributed by atoms with Crippen LogP contribution in [0, 0.1) is 49.4 Å². The minimum atomic E-state index is -1.14. The van der Waals surface area contributed by atoms with E-state index in [0.717, 1.165) is 65.9 Å². The number of benzene rings is 14. The van der Waals surface area contributed by atoms with Crippen LogP contribution in [0.3, 0.4) is 0 Å². The monoisotopic (exact) mass is 2140 g/mol. The minimum absolute atomic E-state index is 0. The van der Waals surface area contributed by atoms with E-state index >= 15 is 0 Å². The minimum Gasteiger partial charge on any atom is -0.366 e. The van der Waals surface area contributed by atoms with Crippen molar-refractivity contribution >= 4 is 139 Å². The summed E-state index contributed by atoms with van der Waals surface area (Å²) in [6.45, 7) is 0. The molecule has 0 spiro atoms. The molecule has 0 fully saturated rings. The molecule has 14 aromatic carbocycles. The fraction of sp³-hybridized carbons (Fsp3) is 0.0213. The number of rotatable bonds is 12. The topological polar surface area (TPSA) is 9.86 Å². The van der Waals surface area contributed by atoms with E-state index in [1.165, 1.54) is 63.7 Å². The smallest absolute Gasteiger partial charge is 0.366 e. The molecule has 10 heteroatoms. The Hall–Kier alpha value is -8.40. The summed E-state index contributed by atoms with van der Waals surface area (Å²) in [6.07, 6.45) is 28.8. The molecule has 16 rings (SSSR count). The normalized spacial score (nSPS) is 10.4. The van der Waals surface area contributed by atoms with Crippen LogP contribution in [0.4, 0.5) is 0 Å². The molecule has 2 aromatic heterocycles. The molecule has 0 amide bonds. The molecule has 0 radical (unpaired) electrons. The second kappa shape index (κ2) is 39.1. The zero-order chi connectivity index (χ0) is 68.6. The molecule has 2 heterocycles. The van der Waals surface area contributed by atoms with Crippen LogP contribution in [0.15, 0.2) is 364 Å². The van der Waals surface area contributed by atoms with Crippen LogP contribution in [-0.2, 0) is 104 Å². The number of aromatic nitrogens is 2. The maximum atomic E-state index is 7.19. The predicted molar refractivity (Wildman–Crippen MR) is 439 cm³/mol. The maximum absolute atomic E-state index is 7.19. The Morgan fingerprint density at radius 3 is 0.490 bits per heavy atom. The molecule has 0 aliphatic heterocycles. The van der Waals surface area contributed by atoms with Gasteiger partial charge in [-0.25, -0.2) is 0 Å². The predicted octanol–water partition coefficient (Wildman–Crippen LogP) is 15.7. The molecule has 2 nitrogen and oxygen atoms in total. The summed E-state index contributed by atoms with van der Waals surface area (Å²) < 4.78 is 4.15. The van der Waals surface area contributed by atoms with Gasteiger partial charge in [0.2, 0.25) is 0 Å². The van der Waals surface area contributed by atoms with Crippen molar-refractivity contribution in [1.82, 2.24) is 9.13 Å². The zero-order valence-electron chi connectivity index (χ0n) is 56.7. The summed E-state index contributed by atoms with van der Waals surface area (Å²) in [4.78, 5) is 0. The van der Waals surface area contributed by atoms with Crippen molar-refractivity contribution < 1.29 is 89.5 Å². The molecule has 0 unspecified atom stereocenters. The van der Waals surface area contributed by atoms with Crippen LogP contribution in [0.2, 0.25) is 0 Å². The summed E-state index contributed by atoms with van der Waals surface area (Å²) in [5, 5.41) is 22.0. The van der Waals surface area contributed by atoms with Gasteiger partial charge < -0.3 is 34.8 Å². The molecular weight excluding hydrogens is 2070 g/mol. The van der Waals surface area contributed by atoms with Crippen LogP contribution in [0.1, 0.15) is 22.3 Å². The standard InChI is InChI=1S/2C30H24P2.2C17H9N.4Au/c2*1-5-15-25(16-6-1)31(26-17-7-2-8-18-26)29-23-13-14-24-30(29)32(27-19-9-3-10-20-27)28-21-11-4-12-22-28;2*1-4-12-6-8-14-15-9-7-13(5-2)11-17(15)18(3)16(14)10-12;;;;/h2*1-24H;2*6-11H,3H3;;;;/q;;2*-2;4*+1/p+4. The first-order valence-corrected chi connectivity index (χ1v) is 39.2. The van der Waals surface area contributed by atoms with Crippen LogP contribution < -0.4 is 63.7 Å². The van der Waals surface area contributed by atoms with E-state index in [-0.39, 0.29) is 89.5 Å². The van der Waals surface area contributed by atoms with Crippen molar-refractivity contribution in [2.75, 3.05) is 0 Å². The second-order valence-electron chi connectivity index (χ2n) is 24.1. The third kappa shape index (κ3) is 18.3. The zero-order valence-corrected chi connectivity index (χ0v) is 69.4. The van der Waals surface area contributed by atoms with E-state index in [0.29, 0.717) is 0 Å². The van der Waals surface area contributed by atoms with E-state index < -0.39 is 31.7 Å². The van der Waals surface area contributed by atoms with Crippen molar-refractivity contribution in [3.63, 3.8) is 0 Å². The molecule has 0 bridgehead atoms. The molecule has 0 aliphatic rings. The van der Waals surface area contributed by atoms with Crippen molar-refractivity contribution in [2.45, 2.75) is 0 Å². The number of nitrogens with zero attached hydrogens (tertiary/aromatic N) is 2. The molecule has 516 valence electrons. The van der Waals surface area contributed by atoms with Gasteiger partial charge in [0.15, 0.2) is 0 Å². The van der Waals surface area contributed by atoms with Gasteiger partial charge in [0, 0.05) is 57.7 Å². The summed E-state index contributed by atoms with van der Waals surface area (Å²) >= 11 is 0. The third-order valence-electron chi connectivity index (χ3n) is 18.0. The van der Waals surface area contributed by atoms with Gasteiger partial charge >= 0.3 is 89.5 Å². The van der Waals surface area contributed by atoms with Gasteiger partial charge in [-0.05, 0) is 121 Å². The summed E-state index contributed by atoms with van der Waals surface area (Å²) in [6, 6.07) is 130. The van der Waals surface area contributed by atoms with E-state index in [4.69, 9.17) is 25.7 Å². The average Bonchev–Trinajstić information content (AvgIpc) is 0.895. The van der Waals surface area contributed by atoms with Crippen molar-refractivity contribution in [1.29, 1.82) is 0 Å². The molecule has 0 saturated carbocycles. The molecular formula is C94H70Au4N2P4+4. The van der Waals surface area contributed by atoms with Gasteiger partial charge in [-0.1, -0.05) is 194 Å². The number of aryl methyl sites for hydroxylation is 2.